The van der Waals surface area contributed by atoms with Crippen LogP contribution in [0.4, 0.5) is 5.82 Å². The lowest BCUT2D eigenvalue weighted by atomic mass is 10.1. The summed E-state index contributed by atoms with van der Waals surface area (Å²) in [7, 11) is 2.49. The summed E-state index contributed by atoms with van der Waals surface area (Å²) in [5.41, 5.74) is 5.46. The van der Waals surface area contributed by atoms with Crippen molar-refractivity contribution in [2.75, 3.05) is 31.7 Å². The largest absolute Gasteiger partial charge is 0.378 e. The topological polar surface area (TPSA) is 99.3 Å². The molecule has 0 radical (unpaired) electrons. The second-order valence-corrected chi connectivity index (χ2v) is 18.8. The number of nitrogens with zero attached hydrogens (tertiary/aromatic N) is 6. The Kier molecular flexibility index (Phi) is 7.77. The summed E-state index contributed by atoms with van der Waals surface area (Å²) in [6.45, 7) is 10.7. The molecule has 0 bridgehead atoms. The average Bonchev–Trinajstić information content (AvgIpc) is 3.34. The minimum absolute atomic E-state index is 0.0954. The van der Waals surface area contributed by atoms with Crippen molar-refractivity contribution in [3.63, 3.8) is 0 Å². The zero-order chi connectivity index (χ0) is 28.7. The fraction of sp³-hybridized carbons (Fsp3) is 0.600. The Morgan fingerprint density at radius 3 is 2.76 bits per heavy atom. The van der Waals surface area contributed by atoms with Crippen molar-refractivity contribution in [1.29, 1.82) is 0 Å². The number of hydrogen-bond donors (Lipinski definition) is 1. The van der Waals surface area contributed by atoms with E-state index in [9.17, 15) is 4.79 Å². The predicted octanol–water partition coefficient (Wildman–Crippen LogP) is 3.93. The summed E-state index contributed by atoms with van der Waals surface area (Å²) in [5.74, 6) is 2.53. The molecule has 2 fully saturated rings. The number of rotatable bonds is 12. The number of carbonyl (C=O) groups is 1. The first-order chi connectivity index (χ1) is 19.7. The van der Waals surface area contributed by atoms with E-state index in [-0.39, 0.29) is 11.9 Å². The standard InChI is InChI=1S/C30H43N7O3Si/c1-35-18-31-29-24(7-8-27(29)35)33-30(38)25-14-23(37(34-25)19-40-10-11-41(3,4)5)13-20-6-9-28(32-26(20)17-39-2)36-15-21-12-22(21)16-36/h6,9,14,18,21-22,24H,7-8,10-13,15-17,19H2,1-5H3,(H,33,38)/t21?,22?,24-/m1/s1. The average molecular weight is 578 g/mol. The second kappa shape index (κ2) is 11.3. The van der Waals surface area contributed by atoms with E-state index < -0.39 is 8.07 Å². The van der Waals surface area contributed by atoms with Crippen LogP contribution in [-0.2, 0) is 42.7 Å². The van der Waals surface area contributed by atoms with Crippen molar-refractivity contribution in [3.05, 3.63) is 58.6 Å². The highest BCUT2D eigenvalue weighted by Gasteiger charge is 2.45. The van der Waals surface area contributed by atoms with Crippen molar-refractivity contribution < 1.29 is 14.3 Å². The summed E-state index contributed by atoms with van der Waals surface area (Å²) >= 11 is 0. The van der Waals surface area contributed by atoms with Gasteiger partial charge in [0.1, 0.15) is 12.5 Å². The SMILES string of the molecule is COCc1nc(N2CC3CC3C2)ccc1Cc1cc(C(=O)N[C@@H]2CCc3c2ncn3C)nn1COCC[Si](C)(C)C. The lowest BCUT2D eigenvalue weighted by molar-refractivity contribution is 0.0757. The Morgan fingerprint density at radius 1 is 1.20 bits per heavy atom. The van der Waals surface area contributed by atoms with Gasteiger partial charge in [-0.2, -0.15) is 5.10 Å². The zero-order valence-corrected chi connectivity index (χ0v) is 26.0. The van der Waals surface area contributed by atoms with Gasteiger partial charge in [-0.3, -0.25) is 4.79 Å². The maximum Gasteiger partial charge on any atom is 0.272 e. The van der Waals surface area contributed by atoms with Crippen LogP contribution in [0, 0.1) is 11.8 Å². The summed E-state index contributed by atoms with van der Waals surface area (Å²) in [5, 5.41) is 7.89. The lowest BCUT2D eigenvalue weighted by Crippen LogP contribution is -2.28. The van der Waals surface area contributed by atoms with E-state index in [1.54, 1.807) is 7.11 Å². The van der Waals surface area contributed by atoms with Gasteiger partial charge in [-0.15, -0.1) is 0 Å². The van der Waals surface area contributed by atoms with Crippen LogP contribution in [0.5, 0.6) is 0 Å². The van der Waals surface area contributed by atoms with Crippen molar-refractivity contribution >= 4 is 19.8 Å². The summed E-state index contributed by atoms with van der Waals surface area (Å²) in [4.78, 5) is 25.3. The third kappa shape index (κ3) is 6.26. The van der Waals surface area contributed by atoms with E-state index in [0.717, 1.165) is 72.3 Å². The van der Waals surface area contributed by atoms with Crippen molar-refractivity contribution in [3.8, 4) is 0 Å². The summed E-state index contributed by atoms with van der Waals surface area (Å²) in [6, 6.07) is 7.16. The van der Waals surface area contributed by atoms with Gasteiger partial charge in [-0.05, 0) is 54.8 Å². The molecule has 1 saturated heterocycles. The van der Waals surface area contributed by atoms with Gasteiger partial charge in [0.15, 0.2) is 5.69 Å². The van der Waals surface area contributed by atoms with E-state index in [2.05, 4.69) is 47.0 Å². The highest BCUT2D eigenvalue weighted by molar-refractivity contribution is 6.76. The number of aryl methyl sites for hydroxylation is 1. The maximum atomic E-state index is 13.4. The summed E-state index contributed by atoms with van der Waals surface area (Å²) < 4.78 is 15.5. The van der Waals surface area contributed by atoms with E-state index >= 15 is 0 Å². The second-order valence-electron chi connectivity index (χ2n) is 13.2. The number of carbonyl (C=O) groups excluding carboxylic acids is 1. The van der Waals surface area contributed by atoms with Gasteiger partial charge in [-0.1, -0.05) is 25.7 Å². The van der Waals surface area contributed by atoms with E-state index in [1.807, 2.05) is 28.7 Å². The third-order valence-electron chi connectivity index (χ3n) is 8.71. The Labute approximate surface area is 243 Å². The first-order valence-corrected chi connectivity index (χ1v) is 18.6. The van der Waals surface area contributed by atoms with Crippen LogP contribution < -0.4 is 10.2 Å². The van der Waals surface area contributed by atoms with Crippen LogP contribution in [-0.4, -0.2) is 65.1 Å². The Bertz CT molecular complexity index is 1400. The molecule has 0 aromatic carbocycles. The third-order valence-corrected chi connectivity index (χ3v) is 10.4. The van der Waals surface area contributed by atoms with Gasteiger partial charge in [0.2, 0.25) is 0 Å². The van der Waals surface area contributed by atoms with Crippen molar-refractivity contribution in [2.24, 2.45) is 18.9 Å². The molecule has 1 aliphatic heterocycles. The monoisotopic (exact) mass is 577 g/mol. The van der Waals surface area contributed by atoms with Gasteiger partial charge >= 0.3 is 0 Å². The van der Waals surface area contributed by atoms with Crippen LogP contribution in [0.1, 0.15) is 57.7 Å². The Morgan fingerprint density at radius 2 is 2.00 bits per heavy atom. The van der Waals surface area contributed by atoms with Gasteiger partial charge in [-0.25, -0.2) is 14.6 Å². The fourth-order valence-corrected chi connectivity index (χ4v) is 6.86. The Hall–Kier alpha value is -3.02. The molecule has 3 atom stereocenters. The molecule has 2 aliphatic carbocycles. The molecule has 1 N–H and O–H groups in total. The maximum absolute atomic E-state index is 13.4. The molecular formula is C30H43N7O3Si. The molecule has 41 heavy (non-hydrogen) atoms. The van der Waals surface area contributed by atoms with Crippen LogP contribution in [0.15, 0.2) is 24.5 Å². The number of fused-ring (bicyclic) bond motifs is 2. The number of aromatic nitrogens is 5. The molecular weight excluding hydrogens is 534 g/mol. The highest BCUT2D eigenvalue weighted by Crippen LogP contribution is 2.46. The first kappa shape index (κ1) is 28.1. The number of amides is 1. The minimum Gasteiger partial charge on any atom is -0.378 e. The quantitative estimate of drug-likeness (QED) is 0.257. The summed E-state index contributed by atoms with van der Waals surface area (Å²) in [6.07, 6.45) is 5.52. The van der Waals surface area contributed by atoms with Crippen LogP contribution in [0.25, 0.3) is 0 Å². The molecule has 2 unspecified atom stereocenters. The molecule has 0 spiro atoms. The predicted molar refractivity (Wildman–Crippen MR) is 160 cm³/mol. The number of nitrogens with one attached hydrogen (secondary N) is 1. The smallest absolute Gasteiger partial charge is 0.272 e. The van der Waals surface area contributed by atoms with Gasteiger partial charge in [0, 0.05) is 59.7 Å². The molecule has 10 nitrogen and oxygen atoms in total. The van der Waals surface area contributed by atoms with E-state index in [0.29, 0.717) is 32.1 Å². The zero-order valence-electron chi connectivity index (χ0n) is 25.0. The van der Waals surface area contributed by atoms with Gasteiger partial charge in [0.05, 0.1) is 30.4 Å². The van der Waals surface area contributed by atoms with E-state index in [1.165, 1.54) is 12.1 Å². The van der Waals surface area contributed by atoms with Gasteiger partial charge < -0.3 is 24.3 Å². The number of methoxy groups -OCH3 is 1. The van der Waals surface area contributed by atoms with Crippen molar-refractivity contribution in [2.45, 2.75) is 70.7 Å². The first-order valence-electron chi connectivity index (χ1n) is 14.9. The number of imidazole rings is 1. The van der Waals surface area contributed by atoms with E-state index in [4.69, 9.17) is 19.6 Å². The molecule has 11 heteroatoms. The van der Waals surface area contributed by atoms with Crippen LogP contribution in [0.3, 0.4) is 0 Å². The number of piperidine rings is 1. The highest BCUT2D eigenvalue weighted by atomic mass is 28.3. The molecule has 3 aromatic heterocycles. The number of ether oxygens (including phenoxy) is 2. The molecule has 1 amide bonds. The number of anilines is 1. The lowest BCUT2D eigenvalue weighted by Gasteiger charge is -2.21. The number of hydrogen-bond acceptors (Lipinski definition) is 7. The molecule has 3 aliphatic rings. The van der Waals surface area contributed by atoms with Crippen LogP contribution >= 0.6 is 0 Å². The fourth-order valence-electron chi connectivity index (χ4n) is 6.11. The van der Waals surface area contributed by atoms with Gasteiger partial charge in [0.25, 0.3) is 5.91 Å². The number of pyridine rings is 1. The molecule has 4 heterocycles. The Balaban J connectivity index is 1.21. The van der Waals surface area contributed by atoms with Crippen LogP contribution in [0.2, 0.25) is 25.7 Å². The molecule has 1 saturated carbocycles. The molecule has 220 valence electrons. The minimum atomic E-state index is -1.22. The molecule has 6 rings (SSSR count). The van der Waals surface area contributed by atoms with Crippen molar-refractivity contribution in [1.82, 2.24) is 29.6 Å². The normalized spacial score (nSPS) is 21.3. The molecule has 3 aromatic rings.